The van der Waals surface area contributed by atoms with E-state index in [-0.39, 0.29) is 29.8 Å². The van der Waals surface area contributed by atoms with Crippen molar-refractivity contribution in [1.82, 2.24) is 20.3 Å². The Labute approximate surface area is 184 Å². The normalized spacial score (nSPS) is 16.4. The molecule has 1 fully saturated rings. The van der Waals surface area contributed by atoms with E-state index in [0.29, 0.717) is 11.6 Å². The van der Waals surface area contributed by atoms with E-state index < -0.39 is 5.41 Å². The number of nitrogens with one attached hydrogen (secondary N) is 2. The first-order valence-electron chi connectivity index (χ1n) is 11.2. The van der Waals surface area contributed by atoms with E-state index in [2.05, 4.69) is 15.8 Å². The third kappa shape index (κ3) is 5.17. The van der Waals surface area contributed by atoms with Gasteiger partial charge in [-0.3, -0.25) is 9.59 Å². The van der Waals surface area contributed by atoms with Crippen molar-refractivity contribution in [3.63, 3.8) is 0 Å². The van der Waals surface area contributed by atoms with Crippen LogP contribution in [0, 0.1) is 6.92 Å². The topological polar surface area (TPSA) is 102 Å². The Morgan fingerprint density at radius 2 is 1.87 bits per heavy atom. The molecule has 0 spiro atoms. The molecular weight excluding hydrogens is 394 g/mol. The lowest BCUT2D eigenvalue weighted by Crippen LogP contribution is -2.48. The largest absolute Gasteiger partial charge is 0.361 e. The summed E-state index contributed by atoms with van der Waals surface area (Å²) in [4.78, 5) is 26.0. The highest BCUT2D eigenvalue weighted by Crippen LogP contribution is 2.41. The van der Waals surface area contributed by atoms with Crippen molar-refractivity contribution >= 4 is 17.6 Å². The van der Waals surface area contributed by atoms with Crippen LogP contribution in [0.3, 0.4) is 0 Å². The number of hydrogen-bond donors (Lipinski definition) is 2. The standard InChI is InChI=1S/C23H35N5O3/c1-15(2)24-21(30)23(10-8-7-9-11-23)18-14-19(28(26-18)22(4,5)6)25-20(29)13-17-12-16(3)27-31-17/h12,14-15H,7-11,13H2,1-6H3,(H,24,30)(H,25,29). The fourth-order valence-electron chi connectivity index (χ4n) is 4.22. The van der Waals surface area contributed by atoms with Gasteiger partial charge in [-0.05, 0) is 54.4 Å². The molecular formula is C23H35N5O3. The lowest BCUT2D eigenvalue weighted by atomic mass is 9.71. The van der Waals surface area contributed by atoms with Gasteiger partial charge in [-0.15, -0.1) is 0 Å². The quantitative estimate of drug-likeness (QED) is 0.726. The Kier molecular flexibility index (Phi) is 6.57. The molecule has 3 rings (SSSR count). The number of nitrogens with zero attached hydrogens (tertiary/aromatic N) is 3. The van der Waals surface area contributed by atoms with Crippen LogP contribution in [0.4, 0.5) is 5.82 Å². The van der Waals surface area contributed by atoms with Crippen LogP contribution in [0.2, 0.25) is 0 Å². The molecule has 2 amide bonds. The van der Waals surface area contributed by atoms with Gasteiger partial charge >= 0.3 is 0 Å². The highest BCUT2D eigenvalue weighted by atomic mass is 16.5. The van der Waals surface area contributed by atoms with Crippen molar-refractivity contribution in [3.8, 4) is 0 Å². The second kappa shape index (κ2) is 8.85. The first-order chi connectivity index (χ1) is 14.5. The van der Waals surface area contributed by atoms with Crippen LogP contribution in [-0.2, 0) is 27.0 Å². The maximum absolute atomic E-state index is 13.3. The van der Waals surface area contributed by atoms with Crippen molar-refractivity contribution in [1.29, 1.82) is 0 Å². The van der Waals surface area contributed by atoms with Crippen LogP contribution in [0.1, 0.15) is 83.9 Å². The highest BCUT2D eigenvalue weighted by Gasteiger charge is 2.44. The molecule has 1 aliphatic rings. The van der Waals surface area contributed by atoms with Crippen LogP contribution in [0.25, 0.3) is 0 Å². The number of aromatic nitrogens is 3. The third-order valence-electron chi connectivity index (χ3n) is 5.68. The molecule has 2 heterocycles. The van der Waals surface area contributed by atoms with Gasteiger partial charge in [0, 0.05) is 18.2 Å². The van der Waals surface area contributed by atoms with Crippen LogP contribution in [-0.4, -0.2) is 32.8 Å². The molecule has 2 N–H and O–H groups in total. The molecule has 1 aliphatic carbocycles. The molecule has 170 valence electrons. The van der Waals surface area contributed by atoms with Crippen molar-refractivity contribution < 1.29 is 14.1 Å². The molecule has 0 aromatic carbocycles. The van der Waals surface area contributed by atoms with Gasteiger partial charge in [0.15, 0.2) is 0 Å². The van der Waals surface area contributed by atoms with Crippen molar-refractivity contribution in [3.05, 3.63) is 29.3 Å². The summed E-state index contributed by atoms with van der Waals surface area (Å²) in [5.41, 5.74) is 0.431. The van der Waals surface area contributed by atoms with E-state index in [0.717, 1.165) is 43.5 Å². The first kappa shape index (κ1) is 23.0. The van der Waals surface area contributed by atoms with E-state index in [4.69, 9.17) is 9.62 Å². The van der Waals surface area contributed by atoms with Gasteiger partial charge in [0.2, 0.25) is 11.8 Å². The maximum atomic E-state index is 13.3. The highest BCUT2D eigenvalue weighted by molar-refractivity contribution is 5.92. The van der Waals surface area contributed by atoms with Gasteiger partial charge in [0.1, 0.15) is 11.6 Å². The summed E-state index contributed by atoms with van der Waals surface area (Å²) in [5.74, 6) is 0.913. The Bertz CT molecular complexity index is 929. The second-order valence-corrected chi connectivity index (χ2v) is 9.93. The van der Waals surface area contributed by atoms with E-state index in [9.17, 15) is 9.59 Å². The Balaban J connectivity index is 1.94. The molecule has 31 heavy (non-hydrogen) atoms. The van der Waals surface area contributed by atoms with Crippen molar-refractivity contribution in [2.45, 2.75) is 97.1 Å². The summed E-state index contributed by atoms with van der Waals surface area (Å²) in [6.45, 7) is 11.8. The van der Waals surface area contributed by atoms with Crippen molar-refractivity contribution in [2.75, 3.05) is 5.32 Å². The van der Waals surface area contributed by atoms with Gasteiger partial charge in [-0.25, -0.2) is 4.68 Å². The minimum Gasteiger partial charge on any atom is -0.361 e. The zero-order chi connectivity index (χ0) is 22.8. The molecule has 8 nitrogen and oxygen atoms in total. The van der Waals surface area contributed by atoms with Crippen LogP contribution in [0.15, 0.2) is 16.7 Å². The first-order valence-corrected chi connectivity index (χ1v) is 11.2. The average molecular weight is 430 g/mol. The molecule has 0 bridgehead atoms. The number of aryl methyl sites for hydroxylation is 1. The molecule has 0 aliphatic heterocycles. The minimum atomic E-state index is -0.666. The number of hydrogen-bond acceptors (Lipinski definition) is 5. The van der Waals surface area contributed by atoms with E-state index >= 15 is 0 Å². The molecule has 0 atom stereocenters. The number of carbonyl (C=O) groups is 2. The Hall–Kier alpha value is -2.64. The van der Waals surface area contributed by atoms with Gasteiger partial charge in [-0.2, -0.15) is 5.10 Å². The van der Waals surface area contributed by atoms with Crippen LogP contribution >= 0.6 is 0 Å². The van der Waals surface area contributed by atoms with E-state index in [1.165, 1.54) is 0 Å². The Morgan fingerprint density at radius 1 is 1.19 bits per heavy atom. The smallest absolute Gasteiger partial charge is 0.233 e. The number of amides is 2. The van der Waals surface area contributed by atoms with E-state index in [1.807, 2.05) is 52.3 Å². The molecule has 0 radical (unpaired) electrons. The monoisotopic (exact) mass is 429 g/mol. The zero-order valence-electron chi connectivity index (χ0n) is 19.5. The summed E-state index contributed by atoms with van der Waals surface area (Å²) >= 11 is 0. The lowest BCUT2D eigenvalue weighted by Gasteiger charge is -2.35. The lowest BCUT2D eigenvalue weighted by molar-refractivity contribution is -0.128. The number of carbonyl (C=O) groups excluding carboxylic acids is 2. The molecule has 0 unspecified atom stereocenters. The molecule has 2 aromatic heterocycles. The fourth-order valence-corrected chi connectivity index (χ4v) is 4.22. The van der Waals surface area contributed by atoms with Crippen LogP contribution < -0.4 is 10.6 Å². The van der Waals surface area contributed by atoms with Gasteiger partial charge in [0.25, 0.3) is 0 Å². The van der Waals surface area contributed by atoms with Gasteiger partial charge in [-0.1, -0.05) is 24.4 Å². The summed E-state index contributed by atoms with van der Waals surface area (Å²) in [7, 11) is 0. The number of rotatable bonds is 6. The predicted molar refractivity (Wildman–Crippen MR) is 119 cm³/mol. The summed E-state index contributed by atoms with van der Waals surface area (Å²) < 4.78 is 6.98. The second-order valence-electron chi connectivity index (χ2n) is 9.93. The van der Waals surface area contributed by atoms with Crippen molar-refractivity contribution in [2.24, 2.45) is 0 Å². The zero-order valence-corrected chi connectivity index (χ0v) is 19.5. The van der Waals surface area contributed by atoms with Gasteiger partial charge < -0.3 is 15.2 Å². The predicted octanol–water partition coefficient (Wildman–Crippen LogP) is 3.84. The third-order valence-corrected chi connectivity index (χ3v) is 5.68. The fraction of sp³-hybridized carbons (Fsp3) is 0.652. The summed E-state index contributed by atoms with van der Waals surface area (Å²) in [6.07, 6.45) is 4.71. The van der Waals surface area contributed by atoms with Crippen LogP contribution in [0.5, 0.6) is 0 Å². The molecule has 8 heteroatoms. The number of anilines is 1. The maximum Gasteiger partial charge on any atom is 0.233 e. The summed E-state index contributed by atoms with van der Waals surface area (Å²) in [6, 6.07) is 3.68. The van der Waals surface area contributed by atoms with Gasteiger partial charge in [0.05, 0.1) is 28.8 Å². The molecule has 0 saturated heterocycles. The molecule has 2 aromatic rings. The molecule has 1 saturated carbocycles. The summed E-state index contributed by atoms with van der Waals surface area (Å²) in [5, 5.41) is 14.8. The Morgan fingerprint density at radius 3 is 2.42 bits per heavy atom. The average Bonchev–Trinajstić information content (AvgIpc) is 3.28. The SMILES string of the molecule is Cc1cc(CC(=O)Nc2cc(C3(C(=O)NC(C)C)CCCCC3)nn2C(C)(C)C)on1. The minimum absolute atomic E-state index is 0.0239. The van der Waals surface area contributed by atoms with E-state index in [1.54, 1.807) is 6.07 Å².